The monoisotopic (exact) mass is 260 g/mol. The highest BCUT2D eigenvalue weighted by Crippen LogP contribution is 1.91. The molecular formula is C9H12N2O7. The van der Waals surface area contributed by atoms with Gasteiger partial charge in [0.15, 0.2) is 0 Å². The highest BCUT2D eigenvalue weighted by Gasteiger charge is 1.94. The number of aromatic nitrogens is 1. The van der Waals surface area contributed by atoms with Crippen LogP contribution in [-0.4, -0.2) is 45.6 Å². The van der Waals surface area contributed by atoms with Crippen LogP contribution in [0.3, 0.4) is 0 Å². The van der Waals surface area contributed by atoms with Gasteiger partial charge in [-0.15, -0.1) is 0 Å². The number of amides is 1. The molecule has 5 N–H and O–H groups in total. The van der Waals surface area contributed by atoms with Crippen LogP contribution < -0.4 is 5.73 Å². The summed E-state index contributed by atoms with van der Waals surface area (Å²) in [6, 6.07) is 3.29. The van der Waals surface area contributed by atoms with Crippen LogP contribution >= 0.6 is 0 Å². The number of nitrogens with two attached hydrogens (primary N) is 1. The van der Waals surface area contributed by atoms with E-state index in [0.717, 1.165) is 0 Å². The van der Waals surface area contributed by atoms with Gasteiger partial charge < -0.3 is 21.1 Å². The Bertz CT molecular complexity index is 315. The molecule has 0 saturated heterocycles. The van der Waals surface area contributed by atoms with E-state index >= 15 is 0 Å². The molecule has 1 aromatic heterocycles. The summed E-state index contributed by atoms with van der Waals surface area (Å²) < 4.78 is 0. The zero-order valence-electron chi connectivity index (χ0n) is 9.04. The van der Waals surface area contributed by atoms with Gasteiger partial charge in [0.2, 0.25) is 5.91 Å². The topological polar surface area (TPSA) is 168 Å². The van der Waals surface area contributed by atoms with Crippen molar-refractivity contribution in [2.24, 2.45) is 5.73 Å². The van der Waals surface area contributed by atoms with Gasteiger partial charge in [-0.05, 0) is 12.1 Å². The van der Waals surface area contributed by atoms with Gasteiger partial charge >= 0.3 is 0 Å². The van der Waals surface area contributed by atoms with E-state index in [-0.39, 0.29) is 19.4 Å². The summed E-state index contributed by atoms with van der Waals surface area (Å²) in [5.74, 6) is -0.442. The third kappa shape index (κ3) is 23.1. The lowest BCUT2D eigenvalue weighted by molar-refractivity contribution is -0.123. The predicted molar refractivity (Wildman–Crippen MR) is 58.8 cm³/mol. The molecule has 0 bridgehead atoms. The van der Waals surface area contributed by atoms with E-state index < -0.39 is 5.91 Å². The molecule has 0 radical (unpaired) electrons. The molecule has 9 nitrogen and oxygen atoms in total. The minimum Gasteiger partial charge on any atom is -0.483 e. The normalized spacial score (nSPS) is 6.44. The first-order valence-corrected chi connectivity index (χ1v) is 3.98. The number of carboxylic acid groups (broad SMARTS) is 3. The zero-order chi connectivity index (χ0) is 14.8. The van der Waals surface area contributed by atoms with E-state index in [4.69, 9.17) is 35.4 Å². The Kier molecular flexibility index (Phi) is 22.2. The van der Waals surface area contributed by atoms with Crippen LogP contribution in [0.1, 0.15) is 10.4 Å². The van der Waals surface area contributed by atoms with Gasteiger partial charge in [-0.25, -0.2) is 0 Å². The molecule has 18 heavy (non-hydrogen) atoms. The van der Waals surface area contributed by atoms with Crippen LogP contribution in [0, 0.1) is 0 Å². The number of carbonyl (C=O) groups excluding carboxylic acids is 1. The second kappa shape index (κ2) is 19.6. The molecule has 0 aromatic carbocycles. The standard InChI is InChI=1S/C6H6N2O.3CH2O2/c7-6(9)5-2-1-3-8-4-5;3*2-1-3/h1-4H,(H2,7,9);3*1H,(H,2,3). The molecule has 0 spiro atoms. The number of rotatable bonds is 1. The minimum atomic E-state index is -0.442. The van der Waals surface area contributed by atoms with Gasteiger partial charge in [-0.3, -0.25) is 24.2 Å². The van der Waals surface area contributed by atoms with E-state index in [9.17, 15) is 4.79 Å². The Morgan fingerprint density at radius 1 is 1.11 bits per heavy atom. The lowest BCUT2D eigenvalue weighted by Gasteiger charge is -1.88. The van der Waals surface area contributed by atoms with Gasteiger partial charge in [0, 0.05) is 12.4 Å². The Balaban J connectivity index is -0.000000210. The van der Waals surface area contributed by atoms with Gasteiger partial charge in [0.05, 0.1) is 5.56 Å². The second-order valence-corrected chi connectivity index (χ2v) is 1.92. The van der Waals surface area contributed by atoms with Crippen molar-refractivity contribution in [1.82, 2.24) is 4.98 Å². The molecule has 1 rings (SSSR count). The fourth-order valence-corrected chi connectivity index (χ4v) is 0.509. The molecule has 0 saturated carbocycles. The van der Waals surface area contributed by atoms with Crippen LogP contribution in [0.25, 0.3) is 0 Å². The summed E-state index contributed by atoms with van der Waals surface area (Å²) in [5.41, 5.74) is 5.38. The summed E-state index contributed by atoms with van der Waals surface area (Å²) in [6.07, 6.45) is 3.02. The Morgan fingerprint density at radius 3 is 1.67 bits per heavy atom. The minimum absolute atomic E-state index is 0.250. The molecule has 1 aromatic rings. The van der Waals surface area contributed by atoms with Gasteiger partial charge in [-0.1, -0.05) is 0 Å². The van der Waals surface area contributed by atoms with Crippen LogP contribution in [-0.2, 0) is 14.4 Å². The maximum absolute atomic E-state index is 10.4. The number of hydrogen-bond donors (Lipinski definition) is 4. The molecule has 0 fully saturated rings. The first-order valence-electron chi connectivity index (χ1n) is 3.98. The summed E-state index contributed by atoms with van der Waals surface area (Å²) in [5, 5.41) is 20.7. The second-order valence-electron chi connectivity index (χ2n) is 1.92. The third-order valence-corrected chi connectivity index (χ3v) is 0.946. The van der Waals surface area contributed by atoms with Crippen molar-refractivity contribution < 1.29 is 34.5 Å². The molecule has 1 heterocycles. The molecule has 0 atom stereocenters. The summed E-state index contributed by atoms with van der Waals surface area (Å²) in [6.45, 7) is -0.750. The lowest BCUT2D eigenvalue weighted by Crippen LogP contribution is -2.10. The molecule has 0 aliphatic carbocycles. The highest BCUT2D eigenvalue weighted by atomic mass is 16.4. The molecule has 100 valence electrons. The summed E-state index contributed by atoms with van der Waals surface area (Å²) >= 11 is 0. The van der Waals surface area contributed by atoms with E-state index in [1.54, 1.807) is 18.3 Å². The van der Waals surface area contributed by atoms with E-state index in [1.807, 2.05) is 0 Å². The number of carbonyl (C=O) groups is 4. The largest absolute Gasteiger partial charge is 0.483 e. The smallest absolute Gasteiger partial charge is 0.290 e. The highest BCUT2D eigenvalue weighted by molar-refractivity contribution is 5.92. The fraction of sp³-hybridized carbons (Fsp3) is 0. The van der Waals surface area contributed by atoms with Crippen molar-refractivity contribution in [2.75, 3.05) is 0 Å². The van der Waals surface area contributed by atoms with Gasteiger partial charge in [0.1, 0.15) is 0 Å². The lowest BCUT2D eigenvalue weighted by atomic mass is 10.3. The van der Waals surface area contributed by atoms with Crippen molar-refractivity contribution in [2.45, 2.75) is 0 Å². The molecule has 0 aliphatic rings. The van der Waals surface area contributed by atoms with Crippen molar-refractivity contribution >= 4 is 25.3 Å². The number of hydrogen-bond acceptors (Lipinski definition) is 5. The Labute approximate surface area is 101 Å². The molecular weight excluding hydrogens is 248 g/mol. The van der Waals surface area contributed by atoms with Crippen LogP contribution in [0.2, 0.25) is 0 Å². The zero-order valence-corrected chi connectivity index (χ0v) is 9.04. The molecule has 0 unspecified atom stereocenters. The maximum atomic E-state index is 10.4. The van der Waals surface area contributed by atoms with Crippen molar-refractivity contribution in [3.63, 3.8) is 0 Å². The Morgan fingerprint density at radius 2 is 1.50 bits per heavy atom. The first kappa shape index (κ1) is 20.4. The molecule has 9 heteroatoms. The maximum Gasteiger partial charge on any atom is 0.290 e. The van der Waals surface area contributed by atoms with E-state index in [1.165, 1.54) is 6.20 Å². The van der Waals surface area contributed by atoms with Gasteiger partial charge in [-0.2, -0.15) is 0 Å². The number of nitrogens with zero attached hydrogens (tertiary/aromatic N) is 1. The fourth-order valence-electron chi connectivity index (χ4n) is 0.509. The van der Waals surface area contributed by atoms with Gasteiger partial charge in [0.25, 0.3) is 19.4 Å². The predicted octanol–water partition coefficient (Wildman–Crippen LogP) is -0.717. The average Bonchev–Trinajstić information content (AvgIpc) is 2.33. The number of pyridine rings is 1. The van der Waals surface area contributed by atoms with Crippen molar-refractivity contribution in [3.05, 3.63) is 30.1 Å². The summed E-state index contributed by atoms with van der Waals surface area (Å²) in [4.78, 5) is 39.2. The average molecular weight is 260 g/mol. The Hall–Kier alpha value is -2.97. The first-order chi connectivity index (χ1) is 8.55. The van der Waals surface area contributed by atoms with Crippen molar-refractivity contribution in [3.8, 4) is 0 Å². The van der Waals surface area contributed by atoms with Crippen LogP contribution in [0.15, 0.2) is 24.5 Å². The number of primary amides is 1. The van der Waals surface area contributed by atoms with E-state index in [0.29, 0.717) is 5.56 Å². The SMILES string of the molecule is NC(=O)c1cccnc1.O=CO.O=CO.O=CO. The quantitative estimate of drug-likeness (QED) is 0.479. The van der Waals surface area contributed by atoms with E-state index in [2.05, 4.69) is 4.98 Å². The molecule has 1 amide bonds. The van der Waals surface area contributed by atoms with Crippen LogP contribution in [0.4, 0.5) is 0 Å². The van der Waals surface area contributed by atoms with Crippen molar-refractivity contribution in [1.29, 1.82) is 0 Å². The third-order valence-electron chi connectivity index (χ3n) is 0.946. The summed E-state index contributed by atoms with van der Waals surface area (Å²) in [7, 11) is 0. The molecule has 0 aliphatic heterocycles. The van der Waals surface area contributed by atoms with Crippen LogP contribution in [0.5, 0.6) is 0 Å².